The third-order valence-corrected chi connectivity index (χ3v) is 3.02. The van der Waals surface area contributed by atoms with Crippen molar-refractivity contribution in [2.45, 2.75) is 32.5 Å². The number of rotatable bonds is 3. The summed E-state index contributed by atoms with van der Waals surface area (Å²) in [6, 6.07) is 0.0270. The molecule has 1 aliphatic rings. The molecule has 0 bridgehead atoms. The molecule has 1 saturated heterocycles. The van der Waals surface area contributed by atoms with Gasteiger partial charge in [-0.25, -0.2) is 0 Å². The Morgan fingerprint density at radius 3 is 2.38 bits per heavy atom. The highest BCUT2D eigenvalue weighted by atomic mass is 19.4. The minimum absolute atomic E-state index is 0.0270. The molecule has 0 aliphatic carbocycles. The second-order valence-electron chi connectivity index (χ2n) is 4.58. The van der Waals surface area contributed by atoms with Gasteiger partial charge in [-0.2, -0.15) is 13.2 Å². The number of carboxylic acid groups (broad SMARTS) is 1. The zero-order chi connectivity index (χ0) is 12.5. The Kier molecular flexibility index (Phi) is 3.83. The van der Waals surface area contributed by atoms with E-state index in [4.69, 9.17) is 5.11 Å². The van der Waals surface area contributed by atoms with Gasteiger partial charge >= 0.3 is 12.1 Å². The van der Waals surface area contributed by atoms with E-state index in [1.54, 1.807) is 4.90 Å². The number of alkyl halides is 3. The van der Waals surface area contributed by atoms with E-state index in [9.17, 15) is 18.0 Å². The Labute approximate surface area is 92.2 Å². The highest BCUT2D eigenvalue weighted by Crippen LogP contribution is 2.30. The molecule has 1 heterocycles. The number of halogens is 3. The molecule has 0 spiro atoms. The van der Waals surface area contributed by atoms with E-state index >= 15 is 0 Å². The number of nitrogens with zero attached hydrogens (tertiary/aromatic N) is 1. The van der Waals surface area contributed by atoms with Crippen molar-refractivity contribution in [1.29, 1.82) is 0 Å². The van der Waals surface area contributed by atoms with Crippen molar-refractivity contribution in [2.75, 3.05) is 13.1 Å². The van der Waals surface area contributed by atoms with Gasteiger partial charge < -0.3 is 5.11 Å². The van der Waals surface area contributed by atoms with Crippen LogP contribution in [0, 0.1) is 11.8 Å². The average molecular weight is 239 g/mol. The SMILES string of the molecule is CC1CC(C)N(CC(C(=O)O)C(F)(F)F)C1. The van der Waals surface area contributed by atoms with Gasteiger partial charge in [-0.15, -0.1) is 0 Å². The molecule has 3 atom stereocenters. The van der Waals surface area contributed by atoms with E-state index in [1.807, 2.05) is 13.8 Å². The first-order chi connectivity index (χ1) is 7.21. The van der Waals surface area contributed by atoms with Crippen LogP contribution < -0.4 is 0 Å². The normalized spacial score (nSPS) is 29.3. The quantitative estimate of drug-likeness (QED) is 0.818. The minimum Gasteiger partial charge on any atom is -0.481 e. The first-order valence-corrected chi connectivity index (χ1v) is 5.25. The van der Waals surface area contributed by atoms with Gasteiger partial charge in [0.1, 0.15) is 0 Å². The smallest absolute Gasteiger partial charge is 0.403 e. The molecular formula is C10H16F3NO2. The summed E-state index contributed by atoms with van der Waals surface area (Å²) in [6.07, 6.45) is -3.85. The molecule has 0 aromatic carbocycles. The van der Waals surface area contributed by atoms with E-state index in [-0.39, 0.29) is 6.04 Å². The Bertz CT molecular complexity index is 267. The second kappa shape index (κ2) is 4.61. The lowest BCUT2D eigenvalue weighted by Gasteiger charge is -2.26. The molecule has 3 nitrogen and oxygen atoms in total. The number of aliphatic carboxylic acids is 1. The first-order valence-electron chi connectivity index (χ1n) is 5.25. The number of carbonyl (C=O) groups is 1. The Balaban J connectivity index is 2.66. The summed E-state index contributed by atoms with van der Waals surface area (Å²) >= 11 is 0. The fraction of sp³-hybridized carbons (Fsp3) is 0.900. The van der Waals surface area contributed by atoms with Crippen LogP contribution in [0.25, 0.3) is 0 Å². The zero-order valence-corrected chi connectivity index (χ0v) is 9.29. The van der Waals surface area contributed by atoms with Crippen molar-refractivity contribution in [2.24, 2.45) is 11.8 Å². The minimum atomic E-state index is -4.67. The topological polar surface area (TPSA) is 40.5 Å². The van der Waals surface area contributed by atoms with Gasteiger partial charge in [0.2, 0.25) is 0 Å². The third kappa shape index (κ3) is 3.10. The van der Waals surface area contributed by atoms with E-state index < -0.39 is 24.6 Å². The van der Waals surface area contributed by atoms with Crippen LogP contribution >= 0.6 is 0 Å². The van der Waals surface area contributed by atoms with Crippen LogP contribution in [0.2, 0.25) is 0 Å². The molecule has 0 aromatic rings. The van der Waals surface area contributed by atoms with E-state index in [2.05, 4.69) is 0 Å². The summed E-state index contributed by atoms with van der Waals surface area (Å²) in [5.74, 6) is -3.74. The van der Waals surface area contributed by atoms with Gasteiger partial charge in [0, 0.05) is 19.1 Å². The second-order valence-corrected chi connectivity index (χ2v) is 4.58. The van der Waals surface area contributed by atoms with Gasteiger partial charge in [0.25, 0.3) is 0 Å². The van der Waals surface area contributed by atoms with Crippen LogP contribution in [0.3, 0.4) is 0 Å². The molecule has 0 amide bonds. The van der Waals surface area contributed by atoms with E-state index in [1.165, 1.54) is 0 Å². The van der Waals surface area contributed by atoms with Crippen molar-refractivity contribution in [1.82, 2.24) is 4.90 Å². The van der Waals surface area contributed by atoms with Crippen LogP contribution in [-0.2, 0) is 4.79 Å². The molecule has 1 N–H and O–H groups in total. The van der Waals surface area contributed by atoms with E-state index in [0.29, 0.717) is 12.5 Å². The van der Waals surface area contributed by atoms with Crippen molar-refractivity contribution in [3.8, 4) is 0 Å². The highest BCUT2D eigenvalue weighted by molar-refractivity contribution is 5.71. The molecule has 6 heteroatoms. The predicted octanol–water partition coefficient (Wildman–Crippen LogP) is 1.98. The Morgan fingerprint density at radius 2 is 2.06 bits per heavy atom. The summed E-state index contributed by atoms with van der Waals surface area (Å²) in [5.41, 5.74) is 0. The van der Waals surface area contributed by atoms with Crippen LogP contribution in [-0.4, -0.2) is 41.3 Å². The molecule has 0 aromatic heterocycles. The largest absolute Gasteiger partial charge is 0.481 e. The lowest BCUT2D eigenvalue weighted by atomic mass is 10.1. The Morgan fingerprint density at radius 1 is 1.50 bits per heavy atom. The van der Waals surface area contributed by atoms with E-state index in [0.717, 1.165) is 6.42 Å². The summed E-state index contributed by atoms with van der Waals surface area (Å²) < 4.78 is 37.3. The number of likely N-dealkylation sites (tertiary alicyclic amines) is 1. The van der Waals surface area contributed by atoms with Crippen LogP contribution in [0.15, 0.2) is 0 Å². The lowest BCUT2D eigenvalue weighted by Crippen LogP contribution is -2.42. The predicted molar refractivity (Wildman–Crippen MR) is 52.0 cm³/mol. The van der Waals surface area contributed by atoms with Gasteiger partial charge in [0.15, 0.2) is 5.92 Å². The monoisotopic (exact) mass is 239 g/mol. The van der Waals surface area contributed by atoms with Gasteiger partial charge in [-0.1, -0.05) is 6.92 Å². The van der Waals surface area contributed by atoms with Crippen molar-refractivity contribution in [3.05, 3.63) is 0 Å². The van der Waals surface area contributed by atoms with Crippen LogP contribution in [0.1, 0.15) is 20.3 Å². The highest BCUT2D eigenvalue weighted by Gasteiger charge is 2.47. The molecule has 1 fully saturated rings. The average Bonchev–Trinajstić information content (AvgIpc) is 2.38. The molecule has 1 aliphatic heterocycles. The third-order valence-electron chi connectivity index (χ3n) is 3.02. The summed E-state index contributed by atoms with van der Waals surface area (Å²) in [4.78, 5) is 12.2. The summed E-state index contributed by atoms with van der Waals surface area (Å²) in [6.45, 7) is 3.89. The van der Waals surface area contributed by atoms with Crippen LogP contribution in [0.5, 0.6) is 0 Å². The number of hydrogen-bond acceptors (Lipinski definition) is 2. The summed E-state index contributed by atoms with van der Waals surface area (Å²) in [5, 5.41) is 8.57. The van der Waals surface area contributed by atoms with Crippen LogP contribution in [0.4, 0.5) is 13.2 Å². The van der Waals surface area contributed by atoms with Crippen molar-refractivity contribution >= 4 is 5.97 Å². The Hall–Kier alpha value is -0.780. The fourth-order valence-corrected chi connectivity index (χ4v) is 2.20. The molecule has 0 saturated carbocycles. The zero-order valence-electron chi connectivity index (χ0n) is 9.29. The summed E-state index contributed by atoms with van der Waals surface area (Å²) in [7, 11) is 0. The van der Waals surface area contributed by atoms with Crippen molar-refractivity contribution in [3.63, 3.8) is 0 Å². The maximum absolute atomic E-state index is 12.4. The molecule has 1 rings (SSSR count). The van der Waals surface area contributed by atoms with Gasteiger partial charge in [-0.3, -0.25) is 9.69 Å². The molecule has 94 valence electrons. The van der Waals surface area contributed by atoms with Crippen molar-refractivity contribution < 1.29 is 23.1 Å². The maximum atomic E-state index is 12.4. The molecule has 16 heavy (non-hydrogen) atoms. The lowest BCUT2D eigenvalue weighted by molar-refractivity contribution is -0.196. The maximum Gasteiger partial charge on any atom is 0.403 e. The standard InChI is InChI=1S/C10H16F3NO2/c1-6-3-7(2)14(4-6)5-8(9(15)16)10(11,12)13/h6-8H,3-5H2,1-2H3,(H,15,16). The molecule has 3 unspecified atom stereocenters. The van der Waals surface area contributed by atoms with Gasteiger partial charge in [0.05, 0.1) is 0 Å². The molecule has 0 radical (unpaired) electrons. The van der Waals surface area contributed by atoms with Gasteiger partial charge in [-0.05, 0) is 19.3 Å². The number of carboxylic acids is 1. The first kappa shape index (κ1) is 13.3. The number of hydrogen-bond donors (Lipinski definition) is 1. The fourth-order valence-electron chi connectivity index (χ4n) is 2.20. The molecular weight excluding hydrogens is 223 g/mol.